The number of pyridine rings is 1. The van der Waals surface area contributed by atoms with Crippen LogP contribution >= 0.6 is 24.8 Å². The Kier molecular flexibility index (Phi) is 7.03. The lowest BCUT2D eigenvalue weighted by Gasteiger charge is -2.13. The second kappa shape index (κ2) is 8.29. The van der Waals surface area contributed by atoms with Gasteiger partial charge in [0.25, 0.3) is 5.91 Å². The van der Waals surface area contributed by atoms with Crippen LogP contribution < -0.4 is 10.6 Å². The van der Waals surface area contributed by atoms with Gasteiger partial charge in [0.15, 0.2) is 0 Å². The fourth-order valence-corrected chi connectivity index (χ4v) is 2.43. The molecule has 0 aliphatic carbocycles. The highest BCUT2D eigenvalue weighted by atomic mass is 35.5. The largest absolute Gasteiger partial charge is 0.391 e. The molecule has 0 saturated carbocycles. The number of nitrogens with one attached hydrogen (secondary N) is 2. The Morgan fingerprint density at radius 3 is 2.73 bits per heavy atom. The molecule has 1 aliphatic rings. The number of hydrogen-bond acceptors (Lipinski definition) is 4. The summed E-state index contributed by atoms with van der Waals surface area (Å²) in [6.45, 7) is 1.78. The van der Waals surface area contributed by atoms with Crippen molar-refractivity contribution in [1.82, 2.24) is 15.6 Å². The molecular weight excluding hydrogens is 325 g/mol. The van der Waals surface area contributed by atoms with Gasteiger partial charge in [0.1, 0.15) is 5.69 Å². The summed E-state index contributed by atoms with van der Waals surface area (Å²) in [5.41, 5.74) is 1.21. The smallest absolute Gasteiger partial charge is 0.269 e. The molecule has 22 heavy (non-hydrogen) atoms. The minimum Gasteiger partial charge on any atom is -0.391 e. The van der Waals surface area contributed by atoms with Crippen LogP contribution in [-0.4, -0.2) is 41.7 Å². The topological polar surface area (TPSA) is 74.2 Å². The molecule has 1 aromatic carbocycles. The summed E-state index contributed by atoms with van der Waals surface area (Å²) >= 11 is 0. The maximum atomic E-state index is 12.1. The molecule has 1 aromatic heterocycles. The van der Waals surface area contributed by atoms with E-state index in [2.05, 4.69) is 15.6 Å². The zero-order valence-corrected chi connectivity index (χ0v) is 13.5. The summed E-state index contributed by atoms with van der Waals surface area (Å²) in [5, 5.41) is 16.6. The Morgan fingerprint density at radius 1 is 1.23 bits per heavy atom. The summed E-state index contributed by atoms with van der Waals surface area (Å²) in [6.07, 6.45) is -0.389. The van der Waals surface area contributed by atoms with Crippen LogP contribution in [0, 0.1) is 5.92 Å². The van der Waals surface area contributed by atoms with Gasteiger partial charge >= 0.3 is 0 Å². The van der Waals surface area contributed by atoms with E-state index >= 15 is 0 Å². The van der Waals surface area contributed by atoms with E-state index in [9.17, 15) is 9.90 Å². The summed E-state index contributed by atoms with van der Waals surface area (Å²) in [7, 11) is 0. The second-order valence-electron chi connectivity index (χ2n) is 5.08. The van der Waals surface area contributed by atoms with Gasteiger partial charge < -0.3 is 15.7 Å². The molecule has 3 N–H and O–H groups in total. The van der Waals surface area contributed by atoms with Gasteiger partial charge in [0.2, 0.25) is 0 Å². The molecule has 2 unspecified atom stereocenters. The standard InChI is InChI=1S/C15H17N3O2.2ClH/c19-14-9-16-7-11(14)8-17-15(20)13-6-5-10-3-1-2-4-12(10)18-13;;/h1-6,11,14,16,19H,7-9H2,(H,17,20);2*1H. The van der Waals surface area contributed by atoms with Crippen molar-refractivity contribution < 1.29 is 9.90 Å². The van der Waals surface area contributed by atoms with Crippen molar-refractivity contribution in [3.05, 3.63) is 42.1 Å². The lowest BCUT2D eigenvalue weighted by molar-refractivity contribution is 0.0922. The van der Waals surface area contributed by atoms with E-state index in [1.165, 1.54) is 0 Å². The monoisotopic (exact) mass is 343 g/mol. The first-order valence-electron chi connectivity index (χ1n) is 6.77. The molecule has 0 radical (unpaired) electrons. The number of benzene rings is 1. The van der Waals surface area contributed by atoms with Crippen molar-refractivity contribution in [2.24, 2.45) is 5.92 Å². The van der Waals surface area contributed by atoms with E-state index in [1.807, 2.05) is 30.3 Å². The Morgan fingerprint density at radius 2 is 2.00 bits per heavy atom. The first-order valence-corrected chi connectivity index (χ1v) is 6.77. The molecule has 2 atom stereocenters. The van der Waals surface area contributed by atoms with Gasteiger partial charge in [-0.25, -0.2) is 4.98 Å². The molecule has 1 aliphatic heterocycles. The van der Waals surface area contributed by atoms with Gasteiger partial charge in [-0.3, -0.25) is 4.79 Å². The quantitative estimate of drug-likeness (QED) is 0.787. The summed E-state index contributed by atoms with van der Waals surface area (Å²) in [5.74, 6) is -0.130. The predicted octanol–water partition coefficient (Wildman–Crippen LogP) is 1.39. The normalized spacial score (nSPS) is 20.0. The van der Waals surface area contributed by atoms with E-state index in [4.69, 9.17) is 0 Å². The lowest BCUT2D eigenvalue weighted by atomic mass is 10.1. The third-order valence-electron chi connectivity index (χ3n) is 3.66. The first kappa shape index (κ1) is 18.6. The fourth-order valence-electron chi connectivity index (χ4n) is 2.43. The number of hydrogen-bond donors (Lipinski definition) is 3. The average Bonchev–Trinajstić information content (AvgIpc) is 2.89. The van der Waals surface area contributed by atoms with Crippen LogP contribution in [0.1, 0.15) is 10.5 Å². The summed E-state index contributed by atoms with van der Waals surface area (Å²) in [6, 6.07) is 11.3. The summed E-state index contributed by atoms with van der Waals surface area (Å²) in [4.78, 5) is 16.4. The van der Waals surface area contributed by atoms with Crippen LogP contribution in [0.15, 0.2) is 36.4 Å². The highest BCUT2D eigenvalue weighted by Crippen LogP contribution is 2.12. The molecule has 2 aromatic rings. The Bertz CT molecular complexity index is 639. The number of rotatable bonds is 3. The zero-order valence-electron chi connectivity index (χ0n) is 11.9. The zero-order chi connectivity index (χ0) is 13.9. The van der Waals surface area contributed by atoms with Gasteiger partial charge in [-0.05, 0) is 12.1 Å². The van der Waals surface area contributed by atoms with Crippen LogP contribution in [-0.2, 0) is 0 Å². The molecule has 0 spiro atoms. The average molecular weight is 344 g/mol. The second-order valence-corrected chi connectivity index (χ2v) is 5.08. The number of halogens is 2. The number of amides is 1. The maximum absolute atomic E-state index is 12.1. The highest BCUT2D eigenvalue weighted by molar-refractivity contribution is 5.94. The van der Waals surface area contributed by atoms with Crippen molar-refractivity contribution in [3.63, 3.8) is 0 Å². The van der Waals surface area contributed by atoms with Crippen LogP contribution in [0.3, 0.4) is 0 Å². The van der Waals surface area contributed by atoms with Crippen molar-refractivity contribution in [3.8, 4) is 0 Å². The number of aliphatic hydroxyl groups excluding tert-OH is 1. The van der Waals surface area contributed by atoms with Crippen molar-refractivity contribution in [1.29, 1.82) is 0 Å². The molecule has 3 rings (SSSR count). The van der Waals surface area contributed by atoms with E-state index in [1.54, 1.807) is 6.07 Å². The predicted molar refractivity (Wildman–Crippen MR) is 90.9 cm³/mol. The van der Waals surface area contributed by atoms with E-state index in [0.29, 0.717) is 18.8 Å². The lowest BCUT2D eigenvalue weighted by Crippen LogP contribution is -2.34. The van der Waals surface area contributed by atoms with Gasteiger partial charge in [0, 0.05) is 30.9 Å². The molecule has 2 heterocycles. The Labute approximate surface area is 141 Å². The number of aliphatic hydroxyl groups is 1. The number of nitrogens with zero attached hydrogens (tertiary/aromatic N) is 1. The number of fused-ring (bicyclic) bond motifs is 1. The van der Waals surface area contributed by atoms with Crippen LogP contribution in [0.25, 0.3) is 10.9 Å². The maximum Gasteiger partial charge on any atom is 0.269 e. The van der Waals surface area contributed by atoms with Crippen molar-refractivity contribution in [2.45, 2.75) is 6.10 Å². The minimum atomic E-state index is -0.389. The van der Waals surface area contributed by atoms with Gasteiger partial charge in [0.05, 0.1) is 11.6 Å². The molecule has 120 valence electrons. The Hall–Kier alpha value is -1.40. The van der Waals surface area contributed by atoms with Gasteiger partial charge in [-0.15, -0.1) is 24.8 Å². The number of carbonyl (C=O) groups excluding carboxylic acids is 1. The highest BCUT2D eigenvalue weighted by Gasteiger charge is 2.25. The summed E-state index contributed by atoms with van der Waals surface area (Å²) < 4.78 is 0. The van der Waals surface area contributed by atoms with Crippen LogP contribution in [0.4, 0.5) is 0 Å². The molecule has 1 amide bonds. The third kappa shape index (κ3) is 4.08. The van der Waals surface area contributed by atoms with E-state index < -0.39 is 0 Å². The number of para-hydroxylation sites is 1. The molecule has 5 nitrogen and oxygen atoms in total. The number of aromatic nitrogens is 1. The van der Waals surface area contributed by atoms with Crippen molar-refractivity contribution >= 4 is 41.6 Å². The molecule has 0 bridgehead atoms. The SMILES string of the molecule is Cl.Cl.O=C(NCC1CNCC1O)c1ccc2ccccc2n1. The number of β-amino-alcohol motifs (C(OH)–C–C–N with tert-alkyl or cyclic N) is 1. The minimum absolute atomic E-state index is 0. The van der Waals surface area contributed by atoms with Gasteiger partial charge in [-0.1, -0.05) is 24.3 Å². The van der Waals surface area contributed by atoms with E-state index in [-0.39, 0.29) is 42.7 Å². The molecule has 7 heteroatoms. The molecule has 1 saturated heterocycles. The van der Waals surface area contributed by atoms with Crippen molar-refractivity contribution in [2.75, 3.05) is 19.6 Å². The molecular formula is C15H19Cl2N3O2. The van der Waals surface area contributed by atoms with Crippen LogP contribution in [0.2, 0.25) is 0 Å². The number of carbonyl (C=O) groups is 1. The Balaban J connectivity index is 0.00000121. The fraction of sp³-hybridized carbons (Fsp3) is 0.333. The van der Waals surface area contributed by atoms with E-state index in [0.717, 1.165) is 17.4 Å². The molecule has 1 fully saturated rings. The van der Waals surface area contributed by atoms with Crippen LogP contribution in [0.5, 0.6) is 0 Å². The third-order valence-corrected chi connectivity index (χ3v) is 3.66. The first-order chi connectivity index (χ1) is 9.74. The van der Waals surface area contributed by atoms with Gasteiger partial charge in [-0.2, -0.15) is 0 Å².